The third-order valence-electron chi connectivity index (χ3n) is 7.63. The number of rotatable bonds is 9. The quantitative estimate of drug-likeness (QED) is 0.293. The molecule has 2 fully saturated rings. The zero-order valence-electron chi connectivity index (χ0n) is 18.3. The molecule has 30 heavy (non-hydrogen) atoms. The zero-order chi connectivity index (χ0) is 21.2. The minimum absolute atomic E-state index is 0.135. The van der Waals surface area contributed by atoms with Gasteiger partial charge in [-0.2, -0.15) is 9.65 Å². The van der Waals surface area contributed by atoms with Gasteiger partial charge in [0.2, 0.25) is 0 Å². The van der Waals surface area contributed by atoms with E-state index in [-0.39, 0.29) is 5.82 Å². The molecule has 0 atom stereocenters. The van der Waals surface area contributed by atoms with Gasteiger partial charge in [-0.3, -0.25) is 0 Å². The molecule has 1 aromatic rings. The van der Waals surface area contributed by atoms with Crippen molar-refractivity contribution in [1.29, 1.82) is 5.26 Å². The van der Waals surface area contributed by atoms with Crippen LogP contribution in [0.4, 0.5) is 8.78 Å². The van der Waals surface area contributed by atoms with Gasteiger partial charge >= 0.3 is 0 Å². The van der Waals surface area contributed by atoms with E-state index in [1.54, 1.807) is 18.2 Å². The lowest BCUT2D eigenvalue weighted by Gasteiger charge is -2.30. The highest BCUT2D eigenvalue weighted by Crippen LogP contribution is 2.38. The van der Waals surface area contributed by atoms with Gasteiger partial charge in [0.25, 0.3) is 0 Å². The van der Waals surface area contributed by atoms with E-state index >= 15 is 0 Å². The highest BCUT2D eigenvalue weighted by atomic mass is 19.1. The largest absolute Gasteiger partial charge is 0.207 e. The number of nitrogens with zero attached hydrogens (tertiary/aromatic N) is 1. The summed E-state index contributed by atoms with van der Waals surface area (Å²) in [6, 6.07) is 8.69. The summed E-state index contributed by atoms with van der Waals surface area (Å²) in [6.07, 6.45) is 19.1. The molecule has 0 saturated heterocycles. The maximum Gasteiger partial charge on any atom is 0.196 e. The molecule has 0 unspecified atom stereocenters. The molecule has 0 N–H and O–H groups in total. The molecule has 1 nitrogen and oxygen atoms in total. The Balaban J connectivity index is 1.23. The Hall–Kier alpha value is -1.69. The van der Waals surface area contributed by atoms with Gasteiger partial charge in [-0.05, 0) is 86.0 Å². The van der Waals surface area contributed by atoms with Crippen LogP contribution in [0.2, 0.25) is 0 Å². The minimum Gasteiger partial charge on any atom is -0.207 e. The van der Waals surface area contributed by atoms with Gasteiger partial charge in [0, 0.05) is 0 Å². The van der Waals surface area contributed by atoms with Crippen molar-refractivity contribution in [3.63, 3.8) is 0 Å². The Bertz CT molecular complexity index is 687. The second-order valence-corrected chi connectivity index (χ2v) is 9.68. The average molecular weight is 414 g/mol. The van der Waals surface area contributed by atoms with E-state index in [2.05, 4.69) is 0 Å². The predicted octanol–water partition coefficient (Wildman–Crippen LogP) is 8.62. The lowest BCUT2D eigenvalue weighted by Crippen LogP contribution is -2.15. The number of allylic oxidation sites excluding steroid dienone is 2. The lowest BCUT2D eigenvalue weighted by molar-refractivity contribution is 0.244. The second-order valence-electron chi connectivity index (χ2n) is 9.68. The highest BCUT2D eigenvalue weighted by molar-refractivity contribution is 5.20. The molecule has 0 bridgehead atoms. The fraction of sp³-hybridized carbons (Fsp3) is 0.667. The maximum absolute atomic E-state index is 13.1. The van der Waals surface area contributed by atoms with Gasteiger partial charge in [0.15, 0.2) is 5.83 Å². The molecular formula is C27H37F2N. The van der Waals surface area contributed by atoms with Crippen LogP contribution < -0.4 is 0 Å². The summed E-state index contributed by atoms with van der Waals surface area (Å²) in [6.45, 7) is 0. The standard InChI is InChI=1S/C27H37F2N/c28-26-18-16-25(17-19-26)24-14-12-22(13-15-24)5-2-1-4-21-8-10-23(11-9-21)6-3-7-27(29)20-30/h7,16-19,21-24H,1-6,8-15H2/b27-7-. The van der Waals surface area contributed by atoms with Crippen LogP contribution in [0.1, 0.15) is 101 Å². The number of halogens is 2. The Kier molecular flexibility index (Phi) is 9.37. The Morgan fingerprint density at radius 2 is 1.33 bits per heavy atom. The van der Waals surface area contributed by atoms with Gasteiger partial charge in [0.1, 0.15) is 11.9 Å². The van der Waals surface area contributed by atoms with Crippen molar-refractivity contribution in [2.45, 2.75) is 95.8 Å². The van der Waals surface area contributed by atoms with Crippen molar-refractivity contribution in [2.75, 3.05) is 0 Å². The van der Waals surface area contributed by atoms with Crippen LogP contribution in [0, 0.1) is 34.9 Å². The molecule has 2 aliphatic rings. The molecule has 0 heterocycles. The van der Waals surface area contributed by atoms with E-state index in [0.717, 1.165) is 24.2 Å². The third kappa shape index (κ3) is 7.53. The molecule has 2 aliphatic carbocycles. The first kappa shape index (κ1) is 23.0. The van der Waals surface area contributed by atoms with Crippen LogP contribution in [0.15, 0.2) is 36.2 Å². The van der Waals surface area contributed by atoms with Gasteiger partial charge < -0.3 is 0 Å². The van der Waals surface area contributed by atoms with Gasteiger partial charge in [-0.1, -0.05) is 63.5 Å². The molecule has 0 aromatic heterocycles. The van der Waals surface area contributed by atoms with Crippen LogP contribution in [0.25, 0.3) is 0 Å². The number of hydrogen-bond acceptors (Lipinski definition) is 1. The fourth-order valence-electron chi connectivity index (χ4n) is 5.69. The van der Waals surface area contributed by atoms with Crippen molar-refractivity contribution in [1.82, 2.24) is 0 Å². The molecule has 1 aromatic carbocycles. The van der Waals surface area contributed by atoms with E-state index in [1.165, 1.54) is 88.7 Å². The summed E-state index contributed by atoms with van der Waals surface area (Å²) in [5, 5.41) is 8.45. The van der Waals surface area contributed by atoms with Crippen LogP contribution in [0.3, 0.4) is 0 Å². The first-order valence-corrected chi connectivity index (χ1v) is 12.1. The Morgan fingerprint density at radius 1 is 0.833 bits per heavy atom. The third-order valence-corrected chi connectivity index (χ3v) is 7.63. The van der Waals surface area contributed by atoms with Crippen molar-refractivity contribution < 1.29 is 8.78 Å². The van der Waals surface area contributed by atoms with E-state index in [9.17, 15) is 8.78 Å². The monoisotopic (exact) mass is 413 g/mol. The minimum atomic E-state index is -0.632. The van der Waals surface area contributed by atoms with Crippen LogP contribution >= 0.6 is 0 Å². The first-order chi connectivity index (χ1) is 14.6. The fourth-order valence-corrected chi connectivity index (χ4v) is 5.69. The summed E-state index contributed by atoms with van der Waals surface area (Å²) >= 11 is 0. The Morgan fingerprint density at radius 3 is 1.87 bits per heavy atom. The molecule has 3 rings (SSSR count). The van der Waals surface area contributed by atoms with Crippen LogP contribution in [0.5, 0.6) is 0 Å². The molecule has 3 heteroatoms. The van der Waals surface area contributed by atoms with Crippen molar-refractivity contribution in [3.05, 3.63) is 47.5 Å². The van der Waals surface area contributed by atoms with Crippen molar-refractivity contribution in [3.8, 4) is 6.07 Å². The molecule has 0 aliphatic heterocycles. The molecule has 0 spiro atoms. The van der Waals surface area contributed by atoms with E-state index in [4.69, 9.17) is 5.26 Å². The molecule has 164 valence electrons. The second kappa shape index (κ2) is 12.2. The Labute approximate surface area is 181 Å². The average Bonchev–Trinajstić information content (AvgIpc) is 2.78. The van der Waals surface area contributed by atoms with Crippen LogP contribution in [-0.4, -0.2) is 0 Å². The van der Waals surface area contributed by atoms with E-state index < -0.39 is 5.83 Å². The number of hydrogen-bond donors (Lipinski definition) is 0. The summed E-state index contributed by atoms with van der Waals surface area (Å²) in [7, 11) is 0. The predicted molar refractivity (Wildman–Crippen MR) is 119 cm³/mol. The number of unbranched alkanes of at least 4 members (excludes halogenated alkanes) is 1. The summed E-state index contributed by atoms with van der Waals surface area (Å²) in [4.78, 5) is 0. The topological polar surface area (TPSA) is 23.8 Å². The summed E-state index contributed by atoms with van der Waals surface area (Å²) in [5.41, 5.74) is 1.32. The van der Waals surface area contributed by atoms with Crippen molar-refractivity contribution >= 4 is 0 Å². The lowest BCUT2D eigenvalue weighted by atomic mass is 9.76. The normalized spacial score (nSPS) is 27.6. The molecule has 0 radical (unpaired) electrons. The SMILES string of the molecule is N#C/C(F)=C/CCC1CCC(CCCCC2CCC(c3ccc(F)cc3)CC2)CC1. The molecule has 2 saturated carbocycles. The number of benzene rings is 1. The number of nitriles is 1. The van der Waals surface area contributed by atoms with E-state index in [0.29, 0.717) is 12.3 Å². The highest BCUT2D eigenvalue weighted by Gasteiger charge is 2.23. The molecule has 0 amide bonds. The summed E-state index contributed by atoms with van der Waals surface area (Å²) < 4.78 is 26.0. The van der Waals surface area contributed by atoms with Gasteiger partial charge in [0.05, 0.1) is 0 Å². The van der Waals surface area contributed by atoms with Crippen LogP contribution in [-0.2, 0) is 0 Å². The van der Waals surface area contributed by atoms with Crippen molar-refractivity contribution in [2.24, 2.45) is 17.8 Å². The summed E-state index contributed by atoms with van der Waals surface area (Å²) in [5.74, 6) is 2.36. The molecular weight excluding hydrogens is 376 g/mol. The smallest absolute Gasteiger partial charge is 0.196 e. The van der Waals surface area contributed by atoms with Gasteiger partial charge in [-0.25, -0.2) is 4.39 Å². The van der Waals surface area contributed by atoms with E-state index in [1.807, 2.05) is 12.1 Å². The van der Waals surface area contributed by atoms with Gasteiger partial charge in [-0.15, -0.1) is 0 Å². The first-order valence-electron chi connectivity index (χ1n) is 12.1. The zero-order valence-corrected chi connectivity index (χ0v) is 18.3. The maximum atomic E-state index is 13.1.